The molecule has 2 heterocycles. The number of furan rings is 1. The Morgan fingerprint density at radius 3 is 2.77 bits per heavy atom. The van der Waals surface area contributed by atoms with Crippen molar-refractivity contribution in [2.75, 3.05) is 12.3 Å². The van der Waals surface area contributed by atoms with Crippen LogP contribution in [-0.2, 0) is 11.3 Å². The predicted octanol–water partition coefficient (Wildman–Crippen LogP) is 4.62. The minimum atomic E-state index is 0.0574. The Hall–Kier alpha value is -2.54. The highest BCUT2D eigenvalue weighted by atomic mass is 32.2. The number of carbonyl (C=O) groups excluding carboxylic acids is 1. The number of amides is 1. The molecular weight excluding hydrogens is 408 g/mol. The van der Waals surface area contributed by atoms with Gasteiger partial charge in [0.05, 0.1) is 18.6 Å². The molecule has 3 atom stereocenters. The van der Waals surface area contributed by atoms with Crippen molar-refractivity contribution in [3.05, 3.63) is 54.3 Å². The Bertz CT molecular complexity index is 1000. The first-order valence-corrected chi connectivity index (χ1v) is 12.2. The van der Waals surface area contributed by atoms with Crippen LogP contribution in [0, 0.1) is 17.8 Å². The van der Waals surface area contributed by atoms with E-state index >= 15 is 0 Å². The average molecular weight is 437 g/mol. The molecule has 6 nitrogen and oxygen atoms in total. The van der Waals surface area contributed by atoms with E-state index in [0.717, 1.165) is 41.4 Å². The second-order valence-corrected chi connectivity index (χ2v) is 9.66. The van der Waals surface area contributed by atoms with E-state index in [-0.39, 0.29) is 5.91 Å². The number of nitrogens with one attached hydrogen (secondary N) is 1. The van der Waals surface area contributed by atoms with Crippen LogP contribution in [0.25, 0.3) is 11.6 Å². The summed E-state index contributed by atoms with van der Waals surface area (Å²) in [4.78, 5) is 12.4. The second-order valence-electron chi connectivity index (χ2n) is 8.72. The summed E-state index contributed by atoms with van der Waals surface area (Å²) in [6, 6.07) is 13.9. The van der Waals surface area contributed by atoms with Gasteiger partial charge in [-0.2, -0.15) is 0 Å². The average Bonchev–Trinajstić information content (AvgIpc) is 3.58. The molecule has 2 fully saturated rings. The molecule has 2 bridgehead atoms. The van der Waals surface area contributed by atoms with Crippen LogP contribution >= 0.6 is 11.8 Å². The Labute approximate surface area is 186 Å². The van der Waals surface area contributed by atoms with Gasteiger partial charge in [0, 0.05) is 6.54 Å². The molecule has 5 rings (SSSR count). The maximum Gasteiger partial charge on any atom is 0.230 e. The van der Waals surface area contributed by atoms with Crippen molar-refractivity contribution >= 4 is 17.7 Å². The Kier molecular flexibility index (Phi) is 6.11. The zero-order valence-electron chi connectivity index (χ0n) is 17.6. The lowest BCUT2D eigenvalue weighted by molar-refractivity contribution is -0.118. The van der Waals surface area contributed by atoms with Gasteiger partial charge in [-0.25, -0.2) is 0 Å². The van der Waals surface area contributed by atoms with E-state index in [1.807, 2.05) is 34.9 Å². The van der Waals surface area contributed by atoms with Crippen molar-refractivity contribution in [1.82, 2.24) is 20.1 Å². The van der Waals surface area contributed by atoms with E-state index in [1.54, 1.807) is 6.26 Å². The fourth-order valence-electron chi connectivity index (χ4n) is 5.20. The number of nitrogens with zero attached hydrogens (tertiary/aromatic N) is 3. The van der Waals surface area contributed by atoms with Crippen molar-refractivity contribution in [3.8, 4) is 11.6 Å². The van der Waals surface area contributed by atoms with Gasteiger partial charge in [0.1, 0.15) is 0 Å². The molecule has 1 N–H and O–H groups in total. The summed E-state index contributed by atoms with van der Waals surface area (Å²) >= 11 is 1.42. The molecule has 0 spiro atoms. The molecule has 1 amide bonds. The van der Waals surface area contributed by atoms with Crippen LogP contribution < -0.4 is 5.32 Å². The van der Waals surface area contributed by atoms with Crippen molar-refractivity contribution in [3.63, 3.8) is 0 Å². The Morgan fingerprint density at radius 1 is 1.13 bits per heavy atom. The SMILES string of the molecule is O=C(CSc1nnc(-c2ccco2)n1Cc1ccccc1)NCCC1CC2CCC1C2. The third kappa shape index (κ3) is 4.71. The van der Waals surface area contributed by atoms with E-state index in [0.29, 0.717) is 23.9 Å². The monoisotopic (exact) mass is 436 g/mol. The molecule has 2 aliphatic rings. The van der Waals surface area contributed by atoms with Crippen LogP contribution in [0.1, 0.15) is 37.7 Å². The first kappa shape index (κ1) is 20.4. The van der Waals surface area contributed by atoms with Crippen molar-refractivity contribution < 1.29 is 9.21 Å². The van der Waals surface area contributed by atoms with Crippen molar-refractivity contribution in [2.45, 2.75) is 43.8 Å². The van der Waals surface area contributed by atoms with Gasteiger partial charge in [0.15, 0.2) is 10.9 Å². The van der Waals surface area contributed by atoms with E-state index in [2.05, 4.69) is 27.6 Å². The van der Waals surface area contributed by atoms with Gasteiger partial charge in [0.25, 0.3) is 0 Å². The lowest BCUT2D eigenvalue weighted by atomic mass is 9.86. The second kappa shape index (κ2) is 9.30. The highest BCUT2D eigenvalue weighted by Crippen LogP contribution is 2.49. The largest absolute Gasteiger partial charge is 0.461 e. The molecule has 1 aromatic carbocycles. The lowest BCUT2D eigenvalue weighted by Gasteiger charge is -2.21. The molecule has 0 aliphatic heterocycles. The number of hydrogen-bond acceptors (Lipinski definition) is 5. The molecule has 2 aliphatic carbocycles. The van der Waals surface area contributed by atoms with E-state index in [1.165, 1.54) is 37.4 Å². The minimum Gasteiger partial charge on any atom is -0.461 e. The van der Waals surface area contributed by atoms with Crippen molar-refractivity contribution in [1.29, 1.82) is 0 Å². The van der Waals surface area contributed by atoms with Gasteiger partial charge in [-0.3, -0.25) is 9.36 Å². The quantitative estimate of drug-likeness (QED) is 0.496. The van der Waals surface area contributed by atoms with Crippen LogP contribution in [0.15, 0.2) is 58.3 Å². The molecule has 2 aromatic heterocycles. The first-order valence-electron chi connectivity index (χ1n) is 11.2. The highest BCUT2D eigenvalue weighted by molar-refractivity contribution is 7.99. The van der Waals surface area contributed by atoms with E-state index in [9.17, 15) is 4.79 Å². The van der Waals surface area contributed by atoms with Gasteiger partial charge in [-0.05, 0) is 61.1 Å². The summed E-state index contributed by atoms with van der Waals surface area (Å²) < 4.78 is 7.56. The standard InChI is InChI=1S/C24H28N4O2S/c29-22(25-11-10-20-14-18-8-9-19(20)13-18)16-31-24-27-26-23(21-7-4-12-30-21)28(24)15-17-5-2-1-3-6-17/h1-7,12,18-20H,8-11,13-16H2,(H,25,29). The molecular formula is C24H28N4O2S. The highest BCUT2D eigenvalue weighted by Gasteiger charge is 2.38. The Balaban J connectivity index is 1.19. The summed E-state index contributed by atoms with van der Waals surface area (Å²) in [5.74, 6) is 4.42. The van der Waals surface area contributed by atoms with Crippen LogP contribution in [0.3, 0.4) is 0 Å². The zero-order chi connectivity index (χ0) is 21.0. The van der Waals surface area contributed by atoms with Gasteiger partial charge in [-0.1, -0.05) is 48.5 Å². The third-order valence-corrected chi connectivity index (χ3v) is 7.66. The molecule has 3 aromatic rings. The third-order valence-electron chi connectivity index (χ3n) is 6.70. The normalized spacial score (nSPS) is 22.1. The molecule has 0 radical (unpaired) electrons. The fraction of sp³-hybridized carbons (Fsp3) is 0.458. The number of hydrogen-bond donors (Lipinski definition) is 1. The number of aromatic nitrogens is 3. The molecule has 2 saturated carbocycles. The fourth-order valence-corrected chi connectivity index (χ4v) is 5.97. The molecule has 3 unspecified atom stereocenters. The Morgan fingerprint density at radius 2 is 2.03 bits per heavy atom. The smallest absolute Gasteiger partial charge is 0.230 e. The van der Waals surface area contributed by atoms with Crippen LogP contribution in [0.5, 0.6) is 0 Å². The van der Waals surface area contributed by atoms with Crippen LogP contribution in [0.2, 0.25) is 0 Å². The minimum absolute atomic E-state index is 0.0574. The predicted molar refractivity (Wildman–Crippen MR) is 121 cm³/mol. The van der Waals surface area contributed by atoms with E-state index < -0.39 is 0 Å². The van der Waals surface area contributed by atoms with Crippen LogP contribution in [0.4, 0.5) is 0 Å². The summed E-state index contributed by atoms with van der Waals surface area (Å²) in [5.41, 5.74) is 1.15. The number of thioether (sulfide) groups is 1. The first-order chi connectivity index (χ1) is 15.3. The molecule has 0 saturated heterocycles. The van der Waals surface area contributed by atoms with Gasteiger partial charge in [-0.15, -0.1) is 10.2 Å². The molecule has 31 heavy (non-hydrogen) atoms. The molecule has 7 heteroatoms. The maximum absolute atomic E-state index is 12.4. The lowest BCUT2D eigenvalue weighted by Crippen LogP contribution is -2.28. The number of carbonyl (C=O) groups is 1. The van der Waals surface area contributed by atoms with E-state index in [4.69, 9.17) is 4.42 Å². The number of fused-ring (bicyclic) bond motifs is 2. The summed E-state index contributed by atoms with van der Waals surface area (Å²) in [5, 5.41) is 12.5. The number of benzene rings is 1. The zero-order valence-corrected chi connectivity index (χ0v) is 18.4. The summed E-state index contributed by atoms with van der Waals surface area (Å²) in [7, 11) is 0. The van der Waals surface area contributed by atoms with Crippen molar-refractivity contribution in [2.24, 2.45) is 17.8 Å². The summed E-state index contributed by atoms with van der Waals surface area (Å²) in [6.07, 6.45) is 8.36. The molecule has 162 valence electrons. The van der Waals surface area contributed by atoms with Crippen LogP contribution in [-0.4, -0.2) is 33.0 Å². The number of rotatable bonds is 9. The van der Waals surface area contributed by atoms with Gasteiger partial charge >= 0.3 is 0 Å². The summed E-state index contributed by atoms with van der Waals surface area (Å²) in [6.45, 7) is 1.40. The maximum atomic E-state index is 12.4. The van der Waals surface area contributed by atoms with Gasteiger partial charge in [0.2, 0.25) is 11.7 Å². The topological polar surface area (TPSA) is 73.0 Å². The van der Waals surface area contributed by atoms with Gasteiger partial charge < -0.3 is 9.73 Å².